The summed E-state index contributed by atoms with van der Waals surface area (Å²) < 4.78 is 0.411. The molecule has 0 unspecified atom stereocenters. The molecule has 0 atom stereocenters. The van der Waals surface area contributed by atoms with Crippen LogP contribution in [0.1, 0.15) is 0 Å². The maximum atomic E-state index is 5.51. The van der Waals surface area contributed by atoms with Gasteiger partial charge in [0.1, 0.15) is 11.6 Å². The standard InChI is InChI=1S/C6H10N4S/c1-10(2)5-3-4(7)8-6(11)9-5/h3H,1-2H3,(H3,7,8,9,11). The molecule has 1 aromatic heterocycles. The van der Waals surface area contributed by atoms with Crippen molar-refractivity contribution >= 4 is 23.9 Å². The number of nitrogens with one attached hydrogen (secondary N) is 1. The van der Waals surface area contributed by atoms with Crippen LogP contribution < -0.4 is 10.6 Å². The van der Waals surface area contributed by atoms with Crippen molar-refractivity contribution < 1.29 is 0 Å². The molecule has 0 radical (unpaired) electrons. The molecule has 0 aliphatic carbocycles. The first kappa shape index (κ1) is 8.00. The van der Waals surface area contributed by atoms with Crippen molar-refractivity contribution in [3.8, 4) is 0 Å². The number of nitrogen functional groups attached to an aromatic ring is 1. The molecule has 0 aliphatic rings. The topological polar surface area (TPSA) is 57.9 Å². The Bertz CT molecular complexity index is 304. The first-order valence-electron chi connectivity index (χ1n) is 3.14. The van der Waals surface area contributed by atoms with E-state index in [1.54, 1.807) is 6.07 Å². The van der Waals surface area contributed by atoms with Crippen LogP contribution in [0.2, 0.25) is 0 Å². The van der Waals surface area contributed by atoms with Gasteiger partial charge in [-0.1, -0.05) is 0 Å². The maximum absolute atomic E-state index is 5.51. The molecule has 1 heterocycles. The van der Waals surface area contributed by atoms with Gasteiger partial charge in [-0.05, 0) is 12.2 Å². The third-order valence-corrected chi connectivity index (χ3v) is 1.40. The van der Waals surface area contributed by atoms with Gasteiger partial charge >= 0.3 is 0 Å². The molecule has 0 fully saturated rings. The number of hydrogen-bond acceptors (Lipinski definition) is 4. The van der Waals surface area contributed by atoms with Crippen molar-refractivity contribution in [3.63, 3.8) is 0 Å². The van der Waals surface area contributed by atoms with Gasteiger partial charge in [-0.2, -0.15) is 0 Å². The Hall–Kier alpha value is -1.10. The average Bonchev–Trinajstić information content (AvgIpc) is 1.85. The van der Waals surface area contributed by atoms with Crippen molar-refractivity contribution in [2.45, 2.75) is 0 Å². The second kappa shape index (κ2) is 2.87. The number of aromatic amines is 1. The van der Waals surface area contributed by atoms with Gasteiger partial charge in [-0.15, -0.1) is 0 Å². The predicted octanol–water partition coefficient (Wildman–Crippen LogP) is 0.787. The average molecular weight is 170 g/mol. The predicted molar refractivity (Wildman–Crippen MR) is 48.2 cm³/mol. The fourth-order valence-electron chi connectivity index (χ4n) is 0.692. The molecule has 0 spiro atoms. The van der Waals surface area contributed by atoms with E-state index in [9.17, 15) is 0 Å². The molecule has 0 aromatic carbocycles. The zero-order chi connectivity index (χ0) is 8.43. The van der Waals surface area contributed by atoms with Crippen molar-refractivity contribution in [2.75, 3.05) is 24.7 Å². The van der Waals surface area contributed by atoms with Crippen LogP contribution in [-0.4, -0.2) is 24.1 Å². The number of aromatic nitrogens is 2. The molecule has 0 bridgehead atoms. The maximum Gasteiger partial charge on any atom is 0.200 e. The Labute approximate surface area is 70.1 Å². The van der Waals surface area contributed by atoms with E-state index in [1.165, 1.54) is 0 Å². The Kier molecular flexibility index (Phi) is 2.09. The Morgan fingerprint density at radius 2 is 2.27 bits per heavy atom. The molecular weight excluding hydrogens is 160 g/mol. The Balaban J connectivity index is 3.19. The van der Waals surface area contributed by atoms with Gasteiger partial charge in [0.25, 0.3) is 0 Å². The normalized spacial score (nSPS) is 9.64. The zero-order valence-corrected chi connectivity index (χ0v) is 7.27. The van der Waals surface area contributed by atoms with E-state index < -0.39 is 0 Å². The monoisotopic (exact) mass is 170 g/mol. The van der Waals surface area contributed by atoms with Crippen LogP contribution in [-0.2, 0) is 0 Å². The molecule has 0 amide bonds. The van der Waals surface area contributed by atoms with Crippen molar-refractivity contribution in [2.24, 2.45) is 0 Å². The van der Waals surface area contributed by atoms with Gasteiger partial charge in [-0.25, -0.2) is 4.98 Å². The minimum absolute atomic E-state index is 0.411. The summed E-state index contributed by atoms with van der Waals surface area (Å²) in [5.74, 6) is 1.31. The molecule has 0 saturated heterocycles. The van der Waals surface area contributed by atoms with Gasteiger partial charge in [0.15, 0.2) is 4.77 Å². The zero-order valence-electron chi connectivity index (χ0n) is 6.46. The number of anilines is 2. The van der Waals surface area contributed by atoms with Crippen LogP contribution in [0.15, 0.2) is 6.07 Å². The second-order valence-electron chi connectivity index (χ2n) is 2.39. The number of nitrogens with zero attached hydrogens (tertiary/aromatic N) is 2. The Morgan fingerprint density at radius 1 is 1.64 bits per heavy atom. The lowest BCUT2D eigenvalue weighted by atomic mass is 10.5. The lowest BCUT2D eigenvalue weighted by molar-refractivity contribution is 1.03. The Morgan fingerprint density at radius 3 is 2.73 bits per heavy atom. The number of nitrogens with two attached hydrogens (primary N) is 1. The van der Waals surface area contributed by atoms with Crippen molar-refractivity contribution in [1.29, 1.82) is 0 Å². The molecule has 5 heteroatoms. The highest BCUT2D eigenvalue weighted by molar-refractivity contribution is 7.71. The van der Waals surface area contributed by atoms with Gasteiger partial charge in [0, 0.05) is 20.2 Å². The molecule has 4 nitrogen and oxygen atoms in total. The van der Waals surface area contributed by atoms with E-state index in [0.29, 0.717) is 10.6 Å². The summed E-state index contributed by atoms with van der Waals surface area (Å²) in [5, 5.41) is 0. The first-order chi connectivity index (χ1) is 5.09. The van der Waals surface area contributed by atoms with E-state index in [4.69, 9.17) is 18.0 Å². The number of rotatable bonds is 1. The van der Waals surface area contributed by atoms with E-state index in [-0.39, 0.29) is 0 Å². The minimum atomic E-state index is 0.411. The highest BCUT2D eigenvalue weighted by Gasteiger charge is 1.96. The molecule has 3 N–H and O–H groups in total. The van der Waals surface area contributed by atoms with E-state index in [0.717, 1.165) is 5.82 Å². The molecule has 1 aromatic rings. The number of hydrogen-bond donors (Lipinski definition) is 2. The van der Waals surface area contributed by atoms with Crippen LogP contribution in [0.4, 0.5) is 11.6 Å². The van der Waals surface area contributed by atoms with Crippen molar-refractivity contribution in [3.05, 3.63) is 10.8 Å². The quantitative estimate of drug-likeness (QED) is 0.612. The van der Waals surface area contributed by atoms with Gasteiger partial charge in [0.05, 0.1) is 0 Å². The molecular formula is C6H10N4S. The van der Waals surface area contributed by atoms with E-state index >= 15 is 0 Å². The summed E-state index contributed by atoms with van der Waals surface area (Å²) >= 11 is 4.83. The summed E-state index contributed by atoms with van der Waals surface area (Å²) in [6.45, 7) is 0. The molecule has 0 saturated carbocycles. The highest BCUT2D eigenvalue weighted by Crippen LogP contribution is 2.08. The van der Waals surface area contributed by atoms with Crippen LogP contribution in [0.3, 0.4) is 0 Å². The lowest BCUT2D eigenvalue weighted by Gasteiger charge is -2.10. The van der Waals surface area contributed by atoms with Crippen LogP contribution in [0.25, 0.3) is 0 Å². The SMILES string of the molecule is CN(C)c1cc(N)[nH]c(=S)n1. The van der Waals surface area contributed by atoms with Crippen LogP contribution in [0.5, 0.6) is 0 Å². The lowest BCUT2D eigenvalue weighted by Crippen LogP contribution is -2.11. The third-order valence-electron chi connectivity index (χ3n) is 1.21. The fourth-order valence-corrected chi connectivity index (χ4v) is 0.903. The van der Waals surface area contributed by atoms with Gasteiger partial charge < -0.3 is 15.6 Å². The highest BCUT2D eigenvalue weighted by atomic mass is 32.1. The smallest absolute Gasteiger partial charge is 0.200 e. The van der Waals surface area contributed by atoms with Crippen molar-refractivity contribution in [1.82, 2.24) is 9.97 Å². The number of H-pyrrole nitrogens is 1. The summed E-state index contributed by atoms with van der Waals surface area (Å²) in [4.78, 5) is 8.61. The molecule has 1 rings (SSSR count). The largest absolute Gasteiger partial charge is 0.385 e. The van der Waals surface area contributed by atoms with Crippen LogP contribution >= 0.6 is 12.2 Å². The molecule has 11 heavy (non-hydrogen) atoms. The minimum Gasteiger partial charge on any atom is -0.385 e. The summed E-state index contributed by atoms with van der Waals surface area (Å²) in [5.41, 5.74) is 5.51. The van der Waals surface area contributed by atoms with Crippen LogP contribution in [0, 0.1) is 4.77 Å². The fraction of sp³-hybridized carbons (Fsp3) is 0.333. The molecule has 0 aliphatic heterocycles. The van der Waals surface area contributed by atoms with E-state index in [2.05, 4.69) is 9.97 Å². The van der Waals surface area contributed by atoms with E-state index in [1.807, 2.05) is 19.0 Å². The summed E-state index contributed by atoms with van der Waals surface area (Å²) in [6, 6.07) is 1.73. The summed E-state index contributed by atoms with van der Waals surface area (Å²) in [7, 11) is 3.77. The van der Waals surface area contributed by atoms with Gasteiger partial charge in [0.2, 0.25) is 0 Å². The second-order valence-corrected chi connectivity index (χ2v) is 2.78. The summed E-state index contributed by atoms with van der Waals surface area (Å²) in [6.07, 6.45) is 0. The third kappa shape index (κ3) is 1.91. The molecule has 60 valence electrons. The first-order valence-corrected chi connectivity index (χ1v) is 3.54. The van der Waals surface area contributed by atoms with Gasteiger partial charge in [-0.3, -0.25) is 0 Å².